The monoisotopic (exact) mass is 310 g/mol. The van der Waals surface area contributed by atoms with Gasteiger partial charge in [-0.05, 0) is 41.2 Å². The molecule has 2 rings (SSSR count). The third kappa shape index (κ3) is 3.63. The maximum absolute atomic E-state index is 13.9. The average molecular weight is 310 g/mol. The predicted octanol–water partition coefficient (Wildman–Crippen LogP) is 1.34. The smallest absolute Gasteiger partial charge is 0.327 e. The number of nitrogens with zero attached hydrogens (tertiary/aromatic N) is 4. The largest absolute Gasteiger partial charge is 0.468 e. The van der Waals surface area contributed by atoms with Crippen LogP contribution in [0.5, 0.6) is 0 Å². The van der Waals surface area contributed by atoms with Crippen LogP contribution in [-0.4, -0.2) is 39.1 Å². The molecule has 0 N–H and O–H groups in total. The molecule has 1 aromatic heterocycles. The Bertz CT molecular complexity index is 689. The highest BCUT2D eigenvalue weighted by molar-refractivity contribution is 7.99. The summed E-state index contributed by atoms with van der Waals surface area (Å²) in [6.07, 6.45) is 0. The fraction of sp³-hybridized carbons (Fsp3) is 0.250. The highest BCUT2D eigenvalue weighted by atomic mass is 32.2. The van der Waals surface area contributed by atoms with Crippen molar-refractivity contribution in [3.63, 3.8) is 0 Å². The van der Waals surface area contributed by atoms with E-state index in [1.165, 1.54) is 30.8 Å². The van der Waals surface area contributed by atoms with Crippen molar-refractivity contribution in [2.45, 2.75) is 23.5 Å². The predicted molar refractivity (Wildman–Crippen MR) is 70.4 cm³/mol. The van der Waals surface area contributed by atoms with Crippen molar-refractivity contribution >= 4 is 23.5 Å². The van der Waals surface area contributed by atoms with Crippen LogP contribution in [0, 0.1) is 5.82 Å². The lowest BCUT2D eigenvalue weighted by Gasteiger charge is -2.05. The van der Waals surface area contributed by atoms with Gasteiger partial charge in [0.2, 0.25) is 5.16 Å². The summed E-state index contributed by atoms with van der Waals surface area (Å²) in [7, 11) is 1.25. The minimum atomic E-state index is -0.555. The Balaban J connectivity index is 2.21. The molecule has 0 atom stereocenters. The van der Waals surface area contributed by atoms with Crippen LogP contribution >= 0.6 is 11.8 Å². The van der Waals surface area contributed by atoms with Crippen molar-refractivity contribution in [1.82, 2.24) is 20.2 Å². The third-order valence-corrected chi connectivity index (χ3v) is 3.57. The number of Topliss-reactive ketones (excluding diaryl/α,β-unsaturated/α-hetero) is 1. The lowest BCUT2D eigenvalue weighted by molar-refractivity contribution is -0.141. The Labute approximate surface area is 123 Å². The molecule has 0 radical (unpaired) electrons. The second-order valence-electron chi connectivity index (χ2n) is 4.00. The number of tetrazole rings is 1. The van der Waals surface area contributed by atoms with Crippen LogP contribution in [0.2, 0.25) is 0 Å². The maximum Gasteiger partial charge on any atom is 0.327 e. The Kier molecular flexibility index (Phi) is 4.63. The molecule has 21 heavy (non-hydrogen) atoms. The van der Waals surface area contributed by atoms with Crippen molar-refractivity contribution < 1.29 is 18.7 Å². The van der Waals surface area contributed by atoms with Crippen molar-refractivity contribution in [1.29, 1.82) is 0 Å². The summed E-state index contributed by atoms with van der Waals surface area (Å²) < 4.78 is 19.6. The van der Waals surface area contributed by atoms with Gasteiger partial charge in [0.05, 0.1) is 12.0 Å². The molecular formula is C12H11FN4O3S. The number of ether oxygens (including phenoxy) is 1. The van der Waals surface area contributed by atoms with E-state index in [0.29, 0.717) is 0 Å². The first kappa shape index (κ1) is 15.1. The Morgan fingerprint density at radius 2 is 2.19 bits per heavy atom. The van der Waals surface area contributed by atoms with Gasteiger partial charge < -0.3 is 4.74 Å². The van der Waals surface area contributed by atoms with Crippen molar-refractivity contribution in [3.8, 4) is 0 Å². The highest BCUT2D eigenvalue weighted by Crippen LogP contribution is 2.28. The Hall–Kier alpha value is -2.29. The minimum Gasteiger partial charge on any atom is -0.468 e. The average Bonchev–Trinajstić information content (AvgIpc) is 2.87. The van der Waals surface area contributed by atoms with Gasteiger partial charge in [-0.1, -0.05) is 6.07 Å². The number of rotatable bonds is 5. The number of carbonyl (C=O) groups excluding carboxylic acids is 2. The van der Waals surface area contributed by atoms with Gasteiger partial charge in [0, 0.05) is 5.56 Å². The molecule has 1 aromatic carbocycles. The summed E-state index contributed by atoms with van der Waals surface area (Å²) in [5, 5.41) is 11.0. The molecular weight excluding hydrogens is 299 g/mol. The number of hydrogen-bond acceptors (Lipinski definition) is 7. The van der Waals surface area contributed by atoms with E-state index >= 15 is 0 Å². The van der Waals surface area contributed by atoms with Crippen LogP contribution in [0.15, 0.2) is 28.3 Å². The number of esters is 1. The van der Waals surface area contributed by atoms with E-state index < -0.39 is 11.8 Å². The number of ketones is 1. The van der Waals surface area contributed by atoms with Gasteiger partial charge in [-0.25, -0.2) is 9.07 Å². The van der Waals surface area contributed by atoms with E-state index in [2.05, 4.69) is 20.3 Å². The second kappa shape index (κ2) is 6.44. The first-order valence-electron chi connectivity index (χ1n) is 5.82. The summed E-state index contributed by atoms with van der Waals surface area (Å²) in [5.41, 5.74) is 0.283. The van der Waals surface area contributed by atoms with Crippen LogP contribution in [0.1, 0.15) is 17.3 Å². The van der Waals surface area contributed by atoms with E-state index in [9.17, 15) is 14.0 Å². The molecule has 0 saturated heterocycles. The normalized spacial score (nSPS) is 10.4. The number of benzene rings is 1. The van der Waals surface area contributed by atoms with E-state index in [4.69, 9.17) is 0 Å². The number of halogens is 1. The van der Waals surface area contributed by atoms with E-state index in [0.717, 1.165) is 17.8 Å². The van der Waals surface area contributed by atoms with Gasteiger partial charge in [0.1, 0.15) is 12.4 Å². The SMILES string of the molecule is COC(=O)Cn1nnnc1Sc1ccc(C(C)=O)cc1F. The van der Waals surface area contributed by atoms with E-state index in [1.807, 2.05) is 0 Å². The molecule has 2 aromatic rings. The lowest BCUT2D eigenvalue weighted by atomic mass is 10.1. The zero-order valence-electron chi connectivity index (χ0n) is 11.2. The molecule has 0 fully saturated rings. The van der Waals surface area contributed by atoms with Crippen molar-refractivity contribution in [2.24, 2.45) is 0 Å². The summed E-state index contributed by atoms with van der Waals surface area (Å²) >= 11 is 0.953. The molecule has 0 aliphatic carbocycles. The van der Waals surface area contributed by atoms with E-state index in [1.54, 1.807) is 0 Å². The van der Waals surface area contributed by atoms with Gasteiger partial charge in [-0.15, -0.1) is 5.10 Å². The second-order valence-corrected chi connectivity index (χ2v) is 5.01. The topological polar surface area (TPSA) is 87.0 Å². The number of aromatic nitrogens is 4. The highest BCUT2D eigenvalue weighted by Gasteiger charge is 2.15. The lowest BCUT2D eigenvalue weighted by Crippen LogP contribution is -2.13. The Morgan fingerprint density at radius 1 is 1.43 bits per heavy atom. The molecule has 9 heteroatoms. The molecule has 1 heterocycles. The zero-order valence-corrected chi connectivity index (χ0v) is 12.1. The summed E-state index contributed by atoms with van der Waals surface area (Å²) in [6, 6.07) is 4.13. The number of hydrogen-bond donors (Lipinski definition) is 0. The summed E-state index contributed by atoms with van der Waals surface area (Å²) in [6.45, 7) is 1.19. The minimum absolute atomic E-state index is 0.168. The third-order valence-electron chi connectivity index (χ3n) is 2.55. The molecule has 110 valence electrons. The fourth-order valence-corrected chi connectivity index (χ4v) is 2.23. The molecule has 0 spiro atoms. The number of carbonyl (C=O) groups is 2. The maximum atomic E-state index is 13.9. The van der Waals surface area contributed by atoms with Gasteiger partial charge in [0.25, 0.3) is 0 Å². The molecule has 0 unspecified atom stereocenters. The first-order valence-corrected chi connectivity index (χ1v) is 6.64. The quantitative estimate of drug-likeness (QED) is 0.608. The summed E-state index contributed by atoms with van der Waals surface area (Å²) in [4.78, 5) is 22.6. The molecule has 0 amide bonds. The first-order chi connectivity index (χ1) is 10.0. The fourth-order valence-electron chi connectivity index (χ4n) is 1.46. The van der Waals surface area contributed by atoms with Crippen molar-refractivity contribution in [3.05, 3.63) is 29.6 Å². The molecule has 7 nitrogen and oxygen atoms in total. The zero-order chi connectivity index (χ0) is 15.4. The van der Waals surface area contributed by atoms with Crippen LogP contribution in [0.25, 0.3) is 0 Å². The van der Waals surface area contributed by atoms with Crippen LogP contribution < -0.4 is 0 Å². The van der Waals surface area contributed by atoms with Gasteiger partial charge in [-0.3, -0.25) is 9.59 Å². The van der Waals surface area contributed by atoms with Gasteiger partial charge >= 0.3 is 5.97 Å². The molecule has 0 saturated carbocycles. The van der Waals surface area contributed by atoms with Gasteiger partial charge in [0.15, 0.2) is 5.78 Å². The van der Waals surface area contributed by atoms with Crippen LogP contribution in [0.3, 0.4) is 0 Å². The standard InChI is InChI=1S/C12H11FN4O3S/c1-7(18)8-3-4-10(9(13)5-8)21-12-14-15-16-17(12)6-11(19)20-2/h3-5H,6H2,1-2H3. The van der Waals surface area contributed by atoms with Crippen LogP contribution in [-0.2, 0) is 16.1 Å². The Morgan fingerprint density at radius 3 is 2.81 bits per heavy atom. The molecule has 0 aliphatic heterocycles. The van der Waals surface area contributed by atoms with E-state index in [-0.39, 0.29) is 27.9 Å². The number of methoxy groups -OCH3 is 1. The van der Waals surface area contributed by atoms with Gasteiger partial charge in [-0.2, -0.15) is 0 Å². The molecule has 0 bridgehead atoms. The van der Waals surface area contributed by atoms with Crippen LogP contribution in [0.4, 0.5) is 4.39 Å². The van der Waals surface area contributed by atoms with Crippen molar-refractivity contribution in [2.75, 3.05) is 7.11 Å². The molecule has 0 aliphatic rings. The summed E-state index contributed by atoms with van der Waals surface area (Å²) in [5.74, 6) is -1.29.